The first-order chi connectivity index (χ1) is 19.0. The van der Waals surface area contributed by atoms with Crippen LogP contribution in [-0.4, -0.2) is 15.9 Å². The molecular formula is C30H18Cl3N3O3. The van der Waals surface area contributed by atoms with Crippen LogP contribution in [0.15, 0.2) is 105 Å². The molecule has 0 aliphatic rings. The standard InChI is InChI=1S/C30H18Cl3N3O3/c31-21-10-12-27-20(14-21)15-28(39-27)29-35-25-7-3-2-6-22(25)30(37)36(29)34-16-19-5-1-4-8-26(19)38-17-18-9-11-23(32)24(33)13-18/h1-16H,17H2. The summed E-state index contributed by atoms with van der Waals surface area (Å²) in [7, 11) is 0. The van der Waals surface area contributed by atoms with Crippen molar-refractivity contribution < 1.29 is 9.15 Å². The summed E-state index contributed by atoms with van der Waals surface area (Å²) >= 11 is 18.3. The second-order valence-corrected chi connectivity index (χ2v) is 9.93. The number of furan rings is 1. The van der Waals surface area contributed by atoms with Crippen LogP contribution in [0.3, 0.4) is 0 Å². The van der Waals surface area contributed by atoms with Gasteiger partial charge in [-0.15, -0.1) is 0 Å². The number of rotatable bonds is 6. The Morgan fingerprint density at radius 1 is 0.897 bits per heavy atom. The molecule has 0 aliphatic carbocycles. The lowest BCUT2D eigenvalue weighted by atomic mass is 10.2. The van der Waals surface area contributed by atoms with Gasteiger partial charge in [0.25, 0.3) is 5.56 Å². The number of para-hydroxylation sites is 2. The number of nitrogens with zero attached hydrogens (tertiary/aromatic N) is 3. The van der Waals surface area contributed by atoms with Crippen LogP contribution in [0.25, 0.3) is 33.5 Å². The van der Waals surface area contributed by atoms with E-state index >= 15 is 0 Å². The minimum atomic E-state index is -0.334. The largest absolute Gasteiger partial charge is 0.488 e. The van der Waals surface area contributed by atoms with E-state index in [1.165, 1.54) is 4.68 Å². The zero-order valence-corrected chi connectivity index (χ0v) is 22.4. The van der Waals surface area contributed by atoms with Crippen molar-refractivity contribution in [2.75, 3.05) is 0 Å². The smallest absolute Gasteiger partial charge is 0.282 e. The molecular weight excluding hydrogens is 557 g/mol. The second-order valence-electron chi connectivity index (χ2n) is 8.68. The van der Waals surface area contributed by atoms with Crippen molar-refractivity contribution in [1.29, 1.82) is 0 Å². The third-order valence-electron chi connectivity index (χ3n) is 6.06. The Hall–Kier alpha value is -4.10. The number of ether oxygens (including phenoxy) is 1. The van der Waals surface area contributed by atoms with E-state index in [1.807, 2.05) is 36.4 Å². The molecule has 39 heavy (non-hydrogen) atoms. The molecule has 0 fully saturated rings. The molecule has 0 spiro atoms. The lowest BCUT2D eigenvalue weighted by molar-refractivity contribution is 0.306. The number of hydrogen-bond acceptors (Lipinski definition) is 5. The van der Waals surface area contributed by atoms with Crippen LogP contribution in [0, 0.1) is 0 Å². The fourth-order valence-electron chi connectivity index (χ4n) is 4.14. The number of fused-ring (bicyclic) bond motifs is 2. The van der Waals surface area contributed by atoms with Crippen molar-refractivity contribution in [3.05, 3.63) is 128 Å². The molecule has 0 unspecified atom stereocenters. The quantitative estimate of drug-likeness (QED) is 0.188. The molecule has 2 heterocycles. The van der Waals surface area contributed by atoms with Gasteiger partial charge in [0.05, 0.1) is 27.2 Å². The van der Waals surface area contributed by atoms with E-state index in [2.05, 4.69) is 5.10 Å². The normalized spacial score (nSPS) is 11.6. The van der Waals surface area contributed by atoms with Gasteiger partial charge in [0, 0.05) is 16.0 Å². The average molecular weight is 575 g/mol. The van der Waals surface area contributed by atoms with Gasteiger partial charge in [-0.25, -0.2) is 4.98 Å². The summed E-state index contributed by atoms with van der Waals surface area (Å²) < 4.78 is 13.3. The number of hydrogen-bond donors (Lipinski definition) is 0. The van der Waals surface area contributed by atoms with Gasteiger partial charge in [-0.2, -0.15) is 9.78 Å². The van der Waals surface area contributed by atoms with Gasteiger partial charge in [-0.05, 0) is 66.2 Å². The Balaban J connectivity index is 1.41. The van der Waals surface area contributed by atoms with Crippen LogP contribution >= 0.6 is 34.8 Å². The van der Waals surface area contributed by atoms with Gasteiger partial charge in [0.2, 0.25) is 5.82 Å². The lowest BCUT2D eigenvalue weighted by Gasteiger charge is -2.10. The molecule has 2 aromatic heterocycles. The van der Waals surface area contributed by atoms with Crippen molar-refractivity contribution >= 4 is 62.9 Å². The summed E-state index contributed by atoms with van der Waals surface area (Å²) in [6.45, 7) is 0.270. The first-order valence-corrected chi connectivity index (χ1v) is 13.0. The minimum absolute atomic E-state index is 0.261. The number of halogens is 3. The summed E-state index contributed by atoms with van der Waals surface area (Å²) in [5, 5.41) is 7.27. The van der Waals surface area contributed by atoms with Crippen LogP contribution in [0.5, 0.6) is 5.75 Å². The van der Waals surface area contributed by atoms with Crippen LogP contribution in [0.4, 0.5) is 0 Å². The highest BCUT2D eigenvalue weighted by Gasteiger charge is 2.17. The van der Waals surface area contributed by atoms with E-state index in [4.69, 9.17) is 48.9 Å². The monoisotopic (exact) mass is 573 g/mol. The van der Waals surface area contributed by atoms with Crippen LogP contribution < -0.4 is 10.3 Å². The topological polar surface area (TPSA) is 69.6 Å². The minimum Gasteiger partial charge on any atom is -0.488 e. The highest BCUT2D eigenvalue weighted by atomic mass is 35.5. The van der Waals surface area contributed by atoms with E-state index < -0.39 is 0 Å². The molecule has 0 saturated heterocycles. The third-order valence-corrected chi connectivity index (χ3v) is 7.04. The Morgan fingerprint density at radius 3 is 2.59 bits per heavy atom. The molecule has 4 aromatic carbocycles. The van der Waals surface area contributed by atoms with E-state index in [9.17, 15) is 4.79 Å². The van der Waals surface area contributed by atoms with Gasteiger partial charge in [-0.1, -0.05) is 65.1 Å². The Morgan fingerprint density at radius 2 is 1.72 bits per heavy atom. The third kappa shape index (κ3) is 5.14. The summed E-state index contributed by atoms with van der Waals surface area (Å²) in [6.07, 6.45) is 1.56. The maximum Gasteiger partial charge on any atom is 0.282 e. The molecule has 0 amide bonds. The van der Waals surface area contributed by atoms with Gasteiger partial charge < -0.3 is 9.15 Å². The molecule has 0 bridgehead atoms. The molecule has 0 N–H and O–H groups in total. The van der Waals surface area contributed by atoms with Crippen molar-refractivity contribution in [3.8, 4) is 17.3 Å². The van der Waals surface area contributed by atoms with E-state index in [0.717, 1.165) is 10.9 Å². The first-order valence-electron chi connectivity index (χ1n) is 11.9. The predicted molar refractivity (Wildman–Crippen MR) is 156 cm³/mol. The predicted octanol–water partition coefficient (Wildman–Crippen LogP) is 8.23. The molecule has 6 aromatic rings. The summed E-state index contributed by atoms with van der Waals surface area (Å²) in [5.41, 5.74) is 2.35. The van der Waals surface area contributed by atoms with Crippen molar-refractivity contribution in [3.63, 3.8) is 0 Å². The molecule has 6 rings (SSSR count). The van der Waals surface area contributed by atoms with Gasteiger partial charge in [0.1, 0.15) is 17.9 Å². The van der Waals surface area contributed by atoms with Crippen molar-refractivity contribution in [1.82, 2.24) is 9.66 Å². The van der Waals surface area contributed by atoms with Gasteiger partial charge in [0.15, 0.2) is 5.76 Å². The Bertz CT molecular complexity index is 1950. The first kappa shape index (κ1) is 25.2. The highest BCUT2D eigenvalue weighted by molar-refractivity contribution is 6.42. The van der Waals surface area contributed by atoms with Gasteiger partial charge >= 0.3 is 0 Å². The van der Waals surface area contributed by atoms with Crippen molar-refractivity contribution in [2.45, 2.75) is 6.61 Å². The zero-order chi connectivity index (χ0) is 26.9. The van der Waals surface area contributed by atoms with E-state index in [0.29, 0.717) is 48.6 Å². The SMILES string of the molecule is O=c1c2ccccc2nc(-c2cc3cc(Cl)ccc3o2)n1N=Cc1ccccc1OCc1ccc(Cl)c(Cl)c1. The maximum absolute atomic E-state index is 13.6. The summed E-state index contributed by atoms with van der Waals surface area (Å²) in [4.78, 5) is 18.3. The molecule has 192 valence electrons. The van der Waals surface area contributed by atoms with Crippen LogP contribution in [-0.2, 0) is 6.61 Å². The highest BCUT2D eigenvalue weighted by Crippen LogP contribution is 2.29. The van der Waals surface area contributed by atoms with Crippen molar-refractivity contribution in [2.24, 2.45) is 5.10 Å². The second kappa shape index (κ2) is 10.6. The van der Waals surface area contributed by atoms with Crippen LogP contribution in [0.1, 0.15) is 11.1 Å². The van der Waals surface area contributed by atoms with Crippen LogP contribution in [0.2, 0.25) is 15.1 Å². The molecule has 0 aliphatic heterocycles. The molecule has 9 heteroatoms. The van der Waals surface area contributed by atoms with E-state index in [-0.39, 0.29) is 18.0 Å². The Labute approximate surface area is 237 Å². The van der Waals surface area contributed by atoms with E-state index in [1.54, 1.807) is 60.8 Å². The summed E-state index contributed by atoms with van der Waals surface area (Å²) in [6, 6.07) is 26.9. The summed E-state index contributed by atoms with van der Waals surface area (Å²) in [5.74, 6) is 1.22. The molecule has 0 atom stereocenters. The molecule has 0 radical (unpaired) electrons. The Kier molecular flexibility index (Phi) is 6.83. The number of benzene rings is 4. The maximum atomic E-state index is 13.6. The lowest BCUT2D eigenvalue weighted by Crippen LogP contribution is -2.20. The average Bonchev–Trinajstić information content (AvgIpc) is 3.36. The number of aromatic nitrogens is 2. The fraction of sp³-hybridized carbons (Fsp3) is 0.0333. The zero-order valence-electron chi connectivity index (χ0n) is 20.1. The fourth-order valence-corrected chi connectivity index (χ4v) is 4.65. The molecule has 6 nitrogen and oxygen atoms in total. The van der Waals surface area contributed by atoms with Gasteiger partial charge in [-0.3, -0.25) is 4.79 Å². The molecule has 0 saturated carbocycles.